The molecule has 1 aromatic heterocycles. The van der Waals surface area contributed by atoms with Gasteiger partial charge in [-0.2, -0.15) is 0 Å². The maximum atomic E-state index is 2.91. The second-order valence-electron chi connectivity index (χ2n) is 1.46. The van der Waals surface area contributed by atoms with Gasteiger partial charge < -0.3 is 0 Å². The quantitative estimate of drug-likeness (QED) is 0.463. The summed E-state index contributed by atoms with van der Waals surface area (Å²) in [6, 6.07) is 4.03. The zero-order valence-electron chi connectivity index (χ0n) is 4.09. The normalized spacial score (nSPS) is 9.29. The van der Waals surface area contributed by atoms with Gasteiger partial charge in [-0.3, -0.25) is 0 Å². The molecule has 1 nitrogen and oxygen atoms in total. The van der Waals surface area contributed by atoms with Crippen LogP contribution in [0.4, 0.5) is 0 Å². The van der Waals surface area contributed by atoms with Gasteiger partial charge in [-0.1, -0.05) is 0 Å². The molecule has 2 heteroatoms. The first-order valence-corrected chi connectivity index (χ1v) is 2.95. The predicted molar refractivity (Wildman–Crippen MR) is 30.8 cm³/mol. The summed E-state index contributed by atoms with van der Waals surface area (Å²) in [7, 11) is 2.01. The van der Waals surface area contributed by atoms with E-state index in [1.165, 1.54) is 4.59 Å². The van der Waals surface area contributed by atoms with Crippen LogP contribution in [0.15, 0.2) is 18.3 Å². The Labute approximate surface area is 51.2 Å². The SMILES string of the molecule is Cn1cccc1[Se]. The molecular formula is C5H6NSe. The molecule has 0 unspecified atom stereocenters. The van der Waals surface area contributed by atoms with Gasteiger partial charge in [0, 0.05) is 0 Å². The third kappa shape index (κ3) is 0.872. The fourth-order valence-electron chi connectivity index (χ4n) is 0.445. The van der Waals surface area contributed by atoms with Crippen LogP contribution in [0.1, 0.15) is 0 Å². The molecule has 0 aliphatic carbocycles. The van der Waals surface area contributed by atoms with Crippen LogP contribution >= 0.6 is 0 Å². The number of aromatic nitrogens is 1. The van der Waals surface area contributed by atoms with Gasteiger partial charge in [-0.15, -0.1) is 0 Å². The third-order valence-corrected chi connectivity index (χ3v) is 1.79. The monoisotopic (exact) mass is 160 g/mol. The molecule has 0 amide bonds. The Kier molecular flexibility index (Phi) is 1.22. The summed E-state index contributed by atoms with van der Waals surface area (Å²) >= 11 is 2.91. The van der Waals surface area contributed by atoms with E-state index in [-0.39, 0.29) is 0 Å². The average Bonchev–Trinajstić information content (AvgIpc) is 1.91. The molecule has 0 atom stereocenters. The second-order valence-corrected chi connectivity index (χ2v) is 2.33. The summed E-state index contributed by atoms with van der Waals surface area (Å²) in [5.41, 5.74) is 0. The molecule has 0 fully saturated rings. The van der Waals surface area contributed by atoms with Crippen LogP contribution in [0, 0.1) is 0 Å². The van der Waals surface area contributed by atoms with Crippen molar-refractivity contribution in [2.75, 3.05) is 0 Å². The Morgan fingerprint density at radius 3 is 2.57 bits per heavy atom. The second kappa shape index (κ2) is 1.73. The fraction of sp³-hybridized carbons (Fsp3) is 0.200. The molecular weight excluding hydrogens is 153 g/mol. The van der Waals surface area contributed by atoms with Crippen LogP contribution in [0.3, 0.4) is 0 Å². The fourth-order valence-corrected chi connectivity index (χ4v) is 0.738. The first-order chi connectivity index (χ1) is 3.30. The van der Waals surface area contributed by atoms with Crippen molar-refractivity contribution in [1.29, 1.82) is 0 Å². The van der Waals surface area contributed by atoms with Gasteiger partial charge in [0.1, 0.15) is 0 Å². The molecule has 0 aromatic carbocycles. The van der Waals surface area contributed by atoms with Crippen molar-refractivity contribution in [3.05, 3.63) is 18.3 Å². The minimum atomic E-state index is 1.18. The Bertz CT molecular complexity index is 140. The zero-order valence-corrected chi connectivity index (χ0v) is 5.80. The number of aryl methyl sites for hydroxylation is 1. The Balaban J connectivity index is 3.12. The van der Waals surface area contributed by atoms with Crippen LogP contribution in [0.25, 0.3) is 0 Å². The molecule has 37 valence electrons. The molecule has 0 aliphatic rings. The molecule has 1 aromatic rings. The van der Waals surface area contributed by atoms with Crippen molar-refractivity contribution >= 4 is 20.6 Å². The van der Waals surface area contributed by atoms with E-state index < -0.39 is 0 Å². The van der Waals surface area contributed by atoms with Crippen LogP contribution in [0.5, 0.6) is 0 Å². The number of hydrogen-bond acceptors (Lipinski definition) is 0. The molecule has 0 aliphatic heterocycles. The van der Waals surface area contributed by atoms with Crippen molar-refractivity contribution in [2.24, 2.45) is 7.05 Å². The minimum absolute atomic E-state index is 1.18. The van der Waals surface area contributed by atoms with Gasteiger partial charge in [0.15, 0.2) is 0 Å². The maximum absolute atomic E-state index is 2.91. The van der Waals surface area contributed by atoms with Gasteiger partial charge in [0.2, 0.25) is 0 Å². The summed E-state index contributed by atoms with van der Waals surface area (Å²) in [4.78, 5) is 0. The predicted octanol–water partition coefficient (Wildman–Crippen LogP) is -0.181. The van der Waals surface area contributed by atoms with Crippen molar-refractivity contribution in [2.45, 2.75) is 0 Å². The molecule has 1 radical (unpaired) electrons. The Morgan fingerprint density at radius 1 is 1.71 bits per heavy atom. The molecule has 0 saturated carbocycles. The summed E-state index contributed by atoms with van der Waals surface area (Å²) in [6.07, 6.45) is 2.01. The van der Waals surface area contributed by atoms with Crippen LogP contribution in [-0.4, -0.2) is 20.6 Å². The number of rotatable bonds is 0. The van der Waals surface area contributed by atoms with Gasteiger partial charge in [-0.25, -0.2) is 0 Å². The molecule has 0 spiro atoms. The number of nitrogens with zero attached hydrogens (tertiary/aromatic N) is 1. The van der Waals surface area contributed by atoms with Crippen molar-refractivity contribution in [3.8, 4) is 0 Å². The van der Waals surface area contributed by atoms with Crippen LogP contribution < -0.4 is 4.59 Å². The van der Waals surface area contributed by atoms with Crippen molar-refractivity contribution in [3.63, 3.8) is 0 Å². The first-order valence-electron chi connectivity index (χ1n) is 2.09. The van der Waals surface area contributed by atoms with E-state index in [0.29, 0.717) is 0 Å². The zero-order chi connectivity index (χ0) is 5.28. The van der Waals surface area contributed by atoms with Gasteiger partial charge in [-0.05, 0) is 0 Å². The first kappa shape index (κ1) is 4.95. The van der Waals surface area contributed by atoms with E-state index in [9.17, 15) is 0 Å². The molecule has 1 heterocycles. The molecule has 7 heavy (non-hydrogen) atoms. The van der Waals surface area contributed by atoms with Crippen molar-refractivity contribution in [1.82, 2.24) is 4.57 Å². The molecule has 1 rings (SSSR count). The third-order valence-electron chi connectivity index (χ3n) is 0.896. The molecule has 0 saturated heterocycles. The average molecular weight is 159 g/mol. The number of hydrogen-bond donors (Lipinski definition) is 0. The Morgan fingerprint density at radius 2 is 2.43 bits per heavy atom. The molecule has 0 N–H and O–H groups in total. The summed E-state index contributed by atoms with van der Waals surface area (Å²) in [5.74, 6) is 0. The van der Waals surface area contributed by atoms with Gasteiger partial charge in [0.25, 0.3) is 0 Å². The summed E-state index contributed by atoms with van der Waals surface area (Å²) in [6.45, 7) is 0. The van der Waals surface area contributed by atoms with Gasteiger partial charge >= 0.3 is 50.5 Å². The van der Waals surface area contributed by atoms with E-state index in [1.807, 2.05) is 29.9 Å². The summed E-state index contributed by atoms with van der Waals surface area (Å²) < 4.78 is 3.21. The Hall–Kier alpha value is -0.201. The van der Waals surface area contributed by atoms with Crippen molar-refractivity contribution < 1.29 is 0 Å². The van der Waals surface area contributed by atoms with E-state index in [2.05, 4.69) is 16.0 Å². The standard InChI is InChI=1S/C5H6NSe/c1-6-4-2-3-5(6)7/h2-4H,1H3. The van der Waals surface area contributed by atoms with Crippen LogP contribution in [0.2, 0.25) is 0 Å². The summed E-state index contributed by atoms with van der Waals surface area (Å²) in [5, 5.41) is 0. The van der Waals surface area contributed by atoms with Crippen LogP contribution in [-0.2, 0) is 7.05 Å². The van der Waals surface area contributed by atoms with E-state index in [4.69, 9.17) is 0 Å². The van der Waals surface area contributed by atoms with Gasteiger partial charge in [0.05, 0.1) is 0 Å². The van der Waals surface area contributed by atoms with E-state index in [1.54, 1.807) is 0 Å². The molecule has 0 bridgehead atoms. The van der Waals surface area contributed by atoms with E-state index in [0.717, 1.165) is 0 Å². The van der Waals surface area contributed by atoms with E-state index >= 15 is 0 Å². The topological polar surface area (TPSA) is 4.93 Å².